The molecule has 1 N–H and O–H groups in total. The molecule has 0 unspecified atom stereocenters. The van der Waals surface area contributed by atoms with Crippen molar-refractivity contribution in [3.8, 4) is 11.5 Å². The van der Waals surface area contributed by atoms with Crippen LogP contribution in [0.25, 0.3) is 0 Å². The molecule has 3 aromatic rings. The van der Waals surface area contributed by atoms with Gasteiger partial charge in [-0.2, -0.15) is 0 Å². The summed E-state index contributed by atoms with van der Waals surface area (Å²) in [5.41, 5.74) is 2.39. The van der Waals surface area contributed by atoms with Crippen LogP contribution in [0.1, 0.15) is 17.5 Å². The lowest BCUT2D eigenvalue weighted by Crippen LogP contribution is -2.49. The Hall–Kier alpha value is -3.79. The van der Waals surface area contributed by atoms with Crippen LogP contribution in [0.15, 0.2) is 65.6 Å². The molecule has 0 saturated carbocycles. The van der Waals surface area contributed by atoms with Crippen LogP contribution in [0.2, 0.25) is 0 Å². The van der Waals surface area contributed by atoms with Crippen LogP contribution < -0.4 is 19.1 Å². The topological polar surface area (TPSA) is 88.2 Å². The van der Waals surface area contributed by atoms with Gasteiger partial charge >= 0.3 is 6.03 Å². The van der Waals surface area contributed by atoms with E-state index in [0.29, 0.717) is 43.2 Å². The summed E-state index contributed by atoms with van der Waals surface area (Å²) >= 11 is 0. The van der Waals surface area contributed by atoms with Gasteiger partial charge in [0.05, 0.1) is 30.5 Å². The number of sulfonamides is 1. The van der Waals surface area contributed by atoms with Gasteiger partial charge in [-0.25, -0.2) is 17.6 Å². The monoisotopic (exact) mass is 513 g/mol. The van der Waals surface area contributed by atoms with Crippen molar-refractivity contribution < 1.29 is 27.1 Å². The SMILES string of the molecule is COc1cc(CN2CCCN(c3ccc(C)cc3NS(=O)(=O)c3ccc(F)cc3)C2=O)cc(OC)c1. The number of ether oxygens (including phenoxy) is 2. The number of hydrogen-bond acceptors (Lipinski definition) is 5. The van der Waals surface area contributed by atoms with Gasteiger partial charge in [0.1, 0.15) is 17.3 Å². The van der Waals surface area contributed by atoms with Crippen molar-refractivity contribution in [2.75, 3.05) is 36.9 Å². The highest BCUT2D eigenvalue weighted by Crippen LogP contribution is 2.32. The summed E-state index contributed by atoms with van der Waals surface area (Å²) in [6.45, 7) is 3.16. The Morgan fingerprint density at radius 2 is 1.61 bits per heavy atom. The van der Waals surface area contributed by atoms with Crippen LogP contribution in [0.3, 0.4) is 0 Å². The number of urea groups is 1. The number of rotatable bonds is 8. The molecule has 0 bridgehead atoms. The number of amides is 2. The molecule has 0 aliphatic carbocycles. The molecular formula is C26H28FN3O5S. The predicted molar refractivity (Wildman–Crippen MR) is 136 cm³/mol. The molecule has 1 aliphatic heterocycles. The van der Waals surface area contributed by atoms with E-state index in [4.69, 9.17) is 9.47 Å². The second-order valence-corrected chi connectivity index (χ2v) is 10.2. The van der Waals surface area contributed by atoms with Gasteiger partial charge in [-0.3, -0.25) is 9.62 Å². The van der Waals surface area contributed by atoms with E-state index in [9.17, 15) is 17.6 Å². The fraction of sp³-hybridized carbons (Fsp3) is 0.269. The summed E-state index contributed by atoms with van der Waals surface area (Å²) in [7, 11) is -0.864. The Bertz CT molecular complexity index is 1340. The summed E-state index contributed by atoms with van der Waals surface area (Å²) in [5, 5.41) is 0. The number of nitrogens with zero attached hydrogens (tertiary/aromatic N) is 2. The van der Waals surface area contributed by atoms with Gasteiger partial charge in [-0.05, 0) is 73.0 Å². The molecule has 2 amide bonds. The molecular weight excluding hydrogens is 485 g/mol. The first-order valence-corrected chi connectivity index (χ1v) is 12.9. The van der Waals surface area contributed by atoms with Crippen molar-refractivity contribution in [2.45, 2.75) is 24.8 Å². The van der Waals surface area contributed by atoms with E-state index in [1.807, 2.05) is 25.1 Å². The molecule has 10 heteroatoms. The Kier molecular flexibility index (Phi) is 7.35. The molecule has 0 spiro atoms. The fourth-order valence-electron chi connectivity index (χ4n) is 4.11. The largest absolute Gasteiger partial charge is 0.497 e. The van der Waals surface area contributed by atoms with Gasteiger partial charge < -0.3 is 14.4 Å². The number of halogens is 1. The van der Waals surface area contributed by atoms with Crippen molar-refractivity contribution in [1.29, 1.82) is 0 Å². The van der Waals surface area contributed by atoms with Crippen LogP contribution in [-0.4, -0.2) is 46.7 Å². The Balaban J connectivity index is 1.61. The third-order valence-electron chi connectivity index (χ3n) is 5.91. The number of carbonyl (C=O) groups excluding carboxylic acids is 1. The highest BCUT2D eigenvalue weighted by molar-refractivity contribution is 7.92. The molecule has 190 valence electrons. The number of hydrogen-bond donors (Lipinski definition) is 1. The van der Waals surface area contributed by atoms with E-state index in [1.165, 1.54) is 12.1 Å². The fourth-order valence-corrected chi connectivity index (χ4v) is 5.18. The van der Waals surface area contributed by atoms with Gasteiger partial charge in [-0.15, -0.1) is 0 Å². The molecule has 3 aromatic carbocycles. The smallest absolute Gasteiger partial charge is 0.324 e. The zero-order chi connectivity index (χ0) is 25.9. The maximum Gasteiger partial charge on any atom is 0.324 e. The number of methoxy groups -OCH3 is 2. The average Bonchev–Trinajstić information content (AvgIpc) is 2.85. The van der Waals surface area contributed by atoms with Gasteiger partial charge in [-0.1, -0.05) is 6.07 Å². The van der Waals surface area contributed by atoms with E-state index in [-0.39, 0.29) is 16.6 Å². The molecule has 36 heavy (non-hydrogen) atoms. The molecule has 1 fully saturated rings. The van der Waals surface area contributed by atoms with Gasteiger partial charge in [0.25, 0.3) is 10.0 Å². The maximum atomic E-state index is 13.5. The minimum Gasteiger partial charge on any atom is -0.497 e. The first-order chi connectivity index (χ1) is 17.2. The lowest BCUT2D eigenvalue weighted by molar-refractivity contribution is 0.192. The lowest BCUT2D eigenvalue weighted by atomic mass is 10.1. The van der Waals surface area contributed by atoms with Crippen LogP contribution >= 0.6 is 0 Å². The molecule has 4 rings (SSSR count). The van der Waals surface area contributed by atoms with Crippen molar-refractivity contribution in [1.82, 2.24) is 4.90 Å². The first kappa shape index (κ1) is 25.3. The maximum absolute atomic E-state index is 13.5. The van der Waals surface area contributed by atoms with E-state index in [0.717, 1.165) is 23.3 Å². The van der Waals surface area contributed by atoms with E-state index < -0.39 is 15.8 Å². The quantitative estimate of drug-likeness (QED) is 0.468. The first-order valence-electron chi connectivity index (χ1n) is 11.4. The van der Waals surface area contributed by atoms with Crippen LogP contribution in [0.5, 0.6) is 11.5 Å². The third kappa shape index (κ3) is 5.54. The Labute approximate surface area is 210 Å². The van der Waals surface area contributed by atoms with Crippen molar-refractivity contribution in [3.05, 3.63) is 77.6 Å². The second kappa shape index (κ2) is 10.4. The normalized spacial score (nSPS) is 14.1. The summed E-state index contributed by atoms with van der Waals surface area (Å²) in [5.74, 6) is 0.723. The van der Waals surface area contributed by atoms with E-state index >= 15 is 0 Å². The second-order valence-electron chi connectivity index (χ2n) is 8.51. The summed E-state index contributed by atoms with van der Waals surface area (Å²) in [4.78, 5) is 16.7. The van der Waals surface area contributed by atoms with Crippen LogP contribution in [0.4, 0.5) is 20.6 Å². The van der Waals surface area contributed by atoms with Crippen molar-refractivity contribution in [2.24, 2.45) is 0 Å². The zero-order valence-corrected chi connectivity index (χ0v) is 21.1. The Morgan fingerprint density at radius 3 is 2.25 bits per heavy atom. The number of carbonyl (C=O) groups is 1. The Morgan fingerprint density at radius 1 is 0.944 bits per heavy atom. The molecule has 1 heterocycles. The molecule has 0 radical (unpaired) electrons. The molecule has 0 atom stereocenters. The summed E-state index contributed by atoms with van der Waals surface area (Å²) < 4.78 is 52.6. The molecule has 1 saturated heterocycles. The lowest BCUT2D eigenvalue weighted by Gasteiger charge is -2.36. The van der Waals surface area contributed by atoms with Gasteiger partial charge in [0.15, 0.2) is 0 Å². The highest BCUT2D eigenvalue weighted by Gasteiger charge is 2.29. The predicted octanol–water partition coefficient (Wildman–Crippen LogP) is 4.78. The molecule has 8 nitrogen and oxygen atoms in total. The number of benzene rings is 3. The minimum atomic E-state index is -4.00. The van der Waals surface area contributed by atoms with Crippen LogP contribution in [-0.2, 0) is 16.6 Å². The zero-order valence-electron chi connectivity index (χ0n) is 20.3. The van der Waals surface area contributed by atoms with Crippen molar-refractivity contribution in [3.63, 3.8) is 0 Å². The third-order valence-corrected chi connectivity index (χ3v) is 7.29. The van der Waals surface area contributed by atoms with E-state index in [1.54, 1.807) is 42.2 Å². The standard InChI is InChI=1S/C26H28FN3O5S/c1-18-5-10-25(24(13-18)28-36(32,33)23-8-6-20(27)7-9-23)30-12-4-11-29(26(30)31)17-19-14-21(34-2)16-22(15-19)35-3/h5-10,13-16,28H,4,11-12,17H2,1-3H3. The van der Waals surface area contributed by atoms with Crippen LogP contribution in [0, 0.1) is 12.7 Å². The van der Waals surface area contributed by atoms with Gasteiger partial charge in [0.2, 0.25) is 0 Å². The van der Waals surface area contributed by atoms with Crippen molar-refractivity contribution >= 4 is 27.4 Å². The molecule has 0 aromatic heterocycles. The number of aryl methyl sites for hydroxylation is 1. The van der Waals surface area contributed by atoms with E-state index in [2.05, 4.69) is 4.72 Å². The number of anilines is 2. The minimum absolute atomic E-state index is 0.0741. The van der Waals surface area contributed by atoms with Gasteiger partial charge in [0, 0.05) is 25.7 Å². The summed E-state index contributed by atoms with van der Waals surface area (Å²) in [6.07, 6.45) is 0.699. The highest BCUT2D eigenvalue weighted by atomic mass is 32.2. The molecule has 1 aliphatic rings. The number of nitrogens with one attached hydrogen (secondary N) is 1. The summed E-state index contributed by atoms with van der Waals surface area (Å²) in [6, 6.07) is 15.0. The average molecular weight is 514 g/mol.